The quantitative estimate of drug-likeness (QED) is 0.789. The predicted molar refractivity (Wildman–Crippen MR) is 98.7 cm³/mol. The first-order chi connectivity index (χ1) is 11.9. The molecule has 0 amide bonds. The molecule has 0 aliphatic carbocycles. The van der Waals surface area contributed by atoms with Crippen molar-refractivity contribution >= 4 is 23.8 Å². The van der Waals surface area contributed by atoms with Crippen LogP contribution < -0.4 is 10.0 Å². The van der Waals surface area contributed by atoms with Gasteiger partial charge < -0.3 is 0 Å². The molecule has 3 atom stereocenters. The highest BCUT2D eigenvalue weighted by Crippen LogP contribution is 2.49. The third kappa shape index (κ3) is 1.99. The van der Waals surface area contributed by atoms with Crippen molar-refractivity contribution in [1.82, 2.24) is 0 Å². The molecule has 5 rings (SSSR count). The Morgan fingerprint density at radius 3 is 2.54 bits per heavy atom. The Kier molecular flexibility index (Phi) is 3.15. The van der Waals surface area contributed by atoms with E-state index >= 15 is 0 Å². The largest absolute Gasteiger partial charge is 0.262 e. The summed E-state index contributed by atoms with van der Waals surface area (Å²) in [6, 6.07) is 19.9. The van der Waals surface area contributed by atoms with Gasteiger partial charge in [-0.1, -0.05) is 36.4 Å². The summed E-state index contributed by atoms with van der Waals surface area (Å²) in [5.41, 5.74) is 3.72. The highest BCUT2D eigenvalue weighted by molar-refractivity contribution is 5.71. The molecule has 0 aromatic heterocycles. The molecule has 4 nitrogen and oxygen atoms in total. The zero-order valence-corrected chi connectivity index (χ0v) is 13.5. The first-order valence-corrected chi connectivity index (χ1v) is 8.71. The topological polar surface area (TPSA) is 31.2 Å². The molecule has 4 heteroatoms. The van der Waals surface area contributed by atoms with E-state index in [0.717, 1.165) is 24.9 Å². The molecule has 0 saturated carbocycles. The molecular weight excluding hydrogens is 296 g/mol. The molecule has 0 N–H and O–H groups in total. The number of hydrogen-bond acceptors (Lipinski definition) is 4. The van der Waals surface area contributed by atoms with Crippen LogP contribution in [-0.4, -0.2) is 18.5 Å². The van der Waals surface area contributed by atoms with Crippen molar-refractivity contribution in [2.24, 2.45) is 16.1 Å². The van der Waals surface area contributed by atoms with E-state index in [-0.39, 0.29) is 6.04 Å². The summed E-state index contributed by atoms with van der Waals surface area (Å²) in [4.78, 5) is 0. The first kappa shape index (κ1) is 13.8. The maximum Gasteiger partial charge on any atom is 0.0848 e. The van der Waals surface area contributed by atoms with Crippen LogP contribution in [0.3, 0.4) is 0 Å². The van der Waals surface area contributed by atoms with Crippen LogP contribution in [0, 0.1) is 5.92 Å². The van der Waals surface area contributed by atoms with E-state index in [1.54, 1.807) is 0 Å². The number of hydrogen-bond donors (Lipinski definition) is 0. The lowest BCUT2D eigenvalue weighted by atomic mass is 9.77. The Bertz CT molecular complexity index is 798. The third-order valence-electron chi connectivity index (χ3n) is 5.38. The van der Waals surface area contributed by atoms with E-state index in [0.29, 0.717) is 12.0 Å². The predicted octanol–water partition coefficient (Wildman–Crippen LogP) is 4.21. The summed E-state index contributed by atoms with van der Waals surface area (Å²) >= 11 is 0. The second kappa shape index (κ2) is 5.48. The second-order valence-electron chi connectivity index (χ2n) is 6.67. The van der Waals surface area contributed by atoms with Crippen LogP contribution in [-0.2, 0) is 0 Å². The molecule has 24 heavy (non-hydrogen) atoms. The monoisotopic (exact) mass is 316 g/mol. The number of rotatable bonds is 1. The minimum atomic E-state index is 0.281. The van der Waals surface area contributed by atoms with Crippen LogP contribution >= 0.6 is 0 Å². The Labute approximate surface area is 142 Å². The van der Waals surface area contributed by atoms with Gasteiger partial charge in [-0.05, 0) is 37.5 Å². The fraction of sp³-hybridized carbons (Fsp3) is 0.300. The normalized spacial score (nSPS) is 27.4. The summed E-state index contributed by atoms with van der Waals surface area (Å²) < 4.78 is 0. The van der Waals surface area contributed by atoms with Gasteiger partial charge in [-0.15, -0.1) is 0 Å². The maximum atomic E-state index is 4.77. The van der Waals surface area contributed by atoms with Crippen LogP contribution in [0.15, 0.2) is 64.8 Å². The number of nitrogens with zero attached hydrogens (tertiary/aromatic N) is 4. The molecule has 2 aromatic carbocycles. The maximum absolute atomic E-state index is 4.77. The molecule has 0 bridgehead atoms. The van der Waals surface area contributed by atoms with Crippen LogP contribution in [0.5, 0.6) is 0 Å². The average molecular weight is 316 g/mol. The van der Waals surface area contributed by atoms with Crippen molar-refractivity contribution < 1.29 is 0 Å². The van der Waals surface area contributed by atoms with Gasteiger partial charge in [-0.3, -0.25) is 10.0 Å². The van der Waals surface area contributed by atoms with Gasteiger partial charge in [0, 0.05) is 23.9 Å². The number of hydrazone groups is 2. The van der Waals surface area contributed by atoms with E-state index in [1.165, 1.54) is 11.3 Å². The minimum absolute atomic E-state index is 0.281. The standard InChI is InChI=1S/C20H20N4/c1-2-7-15(8-3-1)23-20-16-9-4-5-10-18(16)24-19(11-6-13-21-24)17(20)12-14-22-23/h1-5,7-10,13-14,17,19-20H,6,11-12H2/t17-,19+,20+/m0/s1. The van der Waals surface area contributed by atoms with Gasteiger partial charge in [0.25, 0.3) is 0 Å². The lowest BCUT2D eigenvalue weighted by Gasteiger charge is -2.50. The van der Waals surface area contributed by atoms with Crippen LogP contribution in [0.4, 0.5) is 11.4 Å². The lowest BCUT2D eigenvalue weighted by molar-refractivity contribution is 0.294. The Morgan fingerprint density at radius 2 is 1.62 bits per heavy atom. The van der Waals surface area contributed by atoms with Crippen molar-refractivity contribution in [2.75, 3.05) is 10.0 Å². The van der Waals surface area contributed by atoms with Crippen molar-refractivity contribution in [3.63, 3.8) is 0 Å². The Hall–Kier alpha value is -2.62. The number of benzene rings is 2. The molecule has 0 unspecified atom stereocenters. The summed E-state index contributed by atoms with van der Waals surface area (Å²) in [6.45, 7) is 0. The van der Waals surface area contributed by atoms with Crippen LogP contribution in [0.2, 0.25) is 0 Å². The van der Waals surface area contributed by atoms with Crippen molar-refractivity contribution in [3.8, 4) is 0 Å². The molecule has 0 radical (unpaired) electrons. The van der Waals surface area contributed by atoms with Gasteiger partial charge in [0.2, 0.25) is 0 Å². The van der Waals surface area contributed by atoms with E-state index in [4.69, 9.17) is 10.2 Å². The van der Waals surface area contributed by atoms with Gasteiger partial charge in [-0.25, -0.2) is 0 Å². The summed E-state index contributed by atoms with van der Waals surface area (Å²) in [6.07, 6.45) is 7.38. The van der Waals surface area contributed by atoms with Gasteiger partial charge in [0.05, 0.1) is 23.5 Å². The first-order valence-electron chi connectivity index (χ1n) is 8.71. The zero-order chi connectivity index (χ0) is 15.9. The molecule has 0 spiro atoms. The fourth-order valence-electron chi connectivity index (χ4n) is 4.36. The Balaban J connectivity index is 1.68. The van der Waals surface area contributed by atoms with Crippen molar-refractivity contribution in [1.29, 1.82) is 0 Å². The lowest BCUT2D eigenvalue weighted by Crippen LogP contribution is -2.51. The summed E-state index contributed by atoms with van der Waals surface area (Å²) in [7, 11) is 0. The van der Waals surface area contributed by atoms with Crippen molar-refractivity contribution in [3.05, 3.63) is 60.2 Å². The van der Waals surface area contributed by atoms with E-state index in [9.17, 15) is 0 Å². The SMILES string of the molecule is C1=NN2c3ccccc3[C@@H]3[C@@H](CC=NN3c3ccccc3)[C@H]2CC1. The summed E-state index contributed by atoms with van der Waals surface area (Å²) in [5.74, 6) is 0.509. The van der Waals surface area contributed by atoms with Gasteiger partial charge in [0.1, 0.15) is 0 Å². The molecule has 3 heterocycles. The van der Waals surface area contributed by atoms with Gasteiger partial charge >= 0.3 is 0 Å². The zero-order valence-electron chi connectivity index (χ0n) is 13.5. The van der Waals surface area contributed by atoms with Crippen molar-refractivity contribution in [2.45, 2.75) is 31.3 Å². The summed E-state index contributed by atoms with van der Waals surface area (Å²) in [5, 5.41) is 14.0. The number of fused-ring (bicyclic) bond motifs is 6. The molecule has 0 fully saturated rings. The molecule has 0 saturated heterocycles. The van der Waals surface area contributed by atoms with Crippen LogP contribution in [0.1, 0.15) is 30.9 Å². The third-order valence-corrected chi connectivity index (χ3v) is 5.38. The van der Waals surface area contributed by atoms with E-state index < -0.39 is 0 Å². The molecule has 120 valence electrons. The number of para-hydroxylation sites is 2. The smallest absolute Gasteiger partial charge is 0.0848 e. The fourth-order valence-corrected chi connectivity index (χ4v) is 4.36. The number of anilines is 2. The van der Waals surface area contributed by atoms with Gasteiger partial charge in [0.15, 0.2) is 0 Å². The van der Waals surface area contributed by atoms with E-state index in [2.05, 4.69) is 77.0 Å². The molecule has 3 aliphatic heterocycles. The highest BCUT2D eigenvalue weighted by atomic mass is 15.5. The minimum Gasteiger partial charge on any atom is -0.262 e. The molecule has 3 aliphatic rings. The van der Waals surface area contributed by atoms with E-state index in [1.807, 2.05) is 0 Å². The molecule has 2 aromatic rings. The highest BCUT2D eigenvalue weighted by Gasteiger charge is 2.45. The molecular formula is C20H20N4. The van der Waals surface area contributed by atoms with Gasteiger partial charge in [-0.2, -0.15) is 10.2 Å². The average Bonchev–Trinajstić information content (AvgIpc) is 2.68. The Morgan fingerprint density at radius 1 is 0.833 bits per heavy atom. The van der Waals surface area contributed by atoms with Crippen LogP contribution in [0.25, 0.3) is 0 Å². The second-order valence-corrected chi connectivity index (χ2v) is 6.67.